The van der Waals surface area contributed by atoms with Gasteiger partial charge in [-0.05, 0) is 55.5 Å². The minimum atomic E-state index is -0.323. The summed E-state index contributed by atoms with van der Waals surface area (Å²) in [7, 11) is 1.64. The van der Waals surface area contributed by atoms with Crippen LogP contribution in [0.1, 0.15) is 62.2 Å². The molecule has 1 saturated carbocycles. The van der Waals surface area contributed by atoms with Crippen LogP contribution in [0, 0.1) is 11.8 Å². The van der Waals surface area contributed by atoms with Gasteiger partial charge in [-0.2, -0.15) is 0 Å². The zero-order valence-electron chi connectivity index (χ0n) is 18.8. The Labute approximate surface area is 190 Å². The van der Waals surface area contributed by atoms with Crippen LogP contribution in [-0.2, 0) is 9.59 Å². The summed E-state index contributed by atoms with van der Waals surface area (Å²) in [6.45, 7) is 1.34. The van der Waals surface area contributed by atoms with E-state index in [-0.39, 0.29) is 23.8 Å². The van der Waals surface area contributed by atoms with Gasteiger partial charge in [0.05, 0.1) is 18.8 Å². The van der Waals surface area contributed by atoms with Gasteiger partial charge in [-0.15, -0.1) is 0 Å². The first kappa shape index (κ1) is 22.3. The highest BCUT2D eigenvalue weighted by Crippen LogP contribution is 2.29. The highest BCUT2D eigenvalue weighted by molar-refractivity contribution is 5.81. The highest BCUT2D eigenvalue weighted by atomic mass is 16.5. The highest BCUT2D eigenvalue weighted by Gasteiger charge is 2.32. The predicted molar refractivity (Wildman–Crippen MR) is 123 cm³/mol. The fourth-order valence-corrected chi connectivity index (χ4v) is 4.90. The minimum Gasteiger partial charge on any atom is -0.497 e. The number of ether oxygens (including phenoxy) is 1. The Hall–Kier alpha value is -2.89. The normalized spacial score (nSPS) is 18.7. The SMILES string of the molecule is COc1ccc(C(NC(=O)C2CCN(C(=O)C3CCCCC3)CC2)c2ccccn2)cc1. The van der Waals surface area contributed by atoms with Crippen LogP contribution in [0.3, 0.4) is 0 Å². The summed E-state index contributed by atoms with van der Waals surface area (Å²) >= 11 is 0. The Kier molecular flexibility index (Phi) is 7.40. The maximum absolute atomic E-state index is 13.2. The Morgan fingerprint density at radius 2 is 1.69 bits per heavy atom. The number of methoxy groups -OCH3 is 1. The van der Waals surface area contributed by atoms with Crippen LogP contribution in [0.25, 0.3) is 0 Å². The number of nitrogens with zero attached hydrogens (tertiary/aromatic N) is 2. The van der Waals surface area contributed by atoms with Crippen LogP contribution in [0.15, 0.2) is 48.7 Å². The van der Waals surface area contributed by atoms with Gasteiger partial charge in [0.2, 0.25) is 11.8 Å². The van der Waals surface area contributed by atoms with Crippen molar-refractivity contribution in [3.8, 4) is 5.75 Å². The van der Waals surface area contributed by atoms with Crippen molar-refractivity contribution in [2.45, 2.75) is 51.0 Å². The van der Waals surface area contributed by atoms with E-state index >= 15 is 0 Å². The van der Waals surface area contributed by atoms with Crippen LogP contribution < -0.4 is 10.1 Å². The number of benzene rings is 1. The van der Waals surface area contributed by atoms with Crippen molar-refractivity contribution >= 4 is 11.8 Å². The Morgan fingerprint density at radius 1 is 0.969 bits per heavy atom. The summed E-state index contributed by atoms with van der Waals surface area (Å²) in [6, 6.07) is 13.1. The van der Waals surface area contributed by atoms with Gasteiger partial charge in [0.1, 0.15) is 5.75 Å². The van der Waals surface area contributed by atoms with Gasteiger partial charge in [-0.3, -0.25) is 14.6 Å². The molecule has 170 valence electrons. The summed E-state index contributed by atoms with van der Waals surface area (Å²) in [6.07, 6.45) is 8.78. The first-order valence-electron chi connectivity index (χ1n) is 11.8. The molecule has 1 N–H and O–H groups in total. The Morgan fingerprint density at radius 3 is 2.31 bits per heavy atom. The van der Waals surface area contributed by atoms with E-state index in [1.165, 1.54) is 6.42 Å². The van der Waals surface area contributed by atoms with Crippen molar-refractivity contribution in [3.05, 3.63) is 59.9 Å². The van der Waals surface area contributed by atoms with Crippen molar-refractivity contribution < 1.29 is 14.3 Å². The van der Waals surface area contributed by atoms with Gasteiger partial charge >= 0.3 is 0 Å². The molecule has 1 aliphatic heterocycles. The predicted octanol–water partition coefficient (Wildman–Crippen LogP) is 4.11. The number of piperidine rings is 1. The average molecular weight is 436 g/mol. The van der Waals surface area contributed by atoms with E-state index in [4.69, 9.17) is 4.74 Å². The zero-order chi connectivity index (χ0) is 22.3. The van der Waals surface area contributed by atoms with Gasteiger partial charge in [0.15, 0.2) is 0 Å². The fourth-order valence-electron chi connectivity index (χ4n) is 4.90. The number of likely N-dealkylation sites (tertiary alicyclic amines) is 1. The lowest BCUT2D eigenvalue weighted by Crippen LogP contribution is -2.46. The van der Waals surface area contributed by atoms with Gasteiger partial charge in [-0.1, -0.05) is 37.5 Å². The van der Waals surface area contributed by atoms with Crippen LogP contribution in [-0.4, -0.2) is 41.9 Å². The van der Waals surface area contributed by atoms with Crippen molar-refractivity contribution in [2.75, 3.05) is 20.2 Å². The average Bonchev–Trinajstić information content (AvgIpc) is 2.88. The molecule has 0 radical (unpaired) electrons. The first-order chi connectivity index (χ1) is 15.7. The number of hydrogen-bond donors (Lipinski definition) is 1. The summed E-state index contributed by atoms with van der Waals surface area (Å²) in [5.74, 6) is 1.21. The molecule has 1 aliphatic carbocycles. The molecule has 6 nitrogen and oxygen atoms in total. The number of rotatable bonds is 6. The number of carbonyl (C=O) groups excluding carboxylic acids is 2. The van der Waals surface area contributed by atoms with E-state index in [1.807, 2.05) is 47.4 Å². The van der Waals surface area contributed by atoms with Gasteiger partial charge < -0.3 is 15.0 Å². The number of pyridine rings is 1. The van der Waals surface area contributed by atoms with Crippen molar-refractivity contribution in [2.24, 2.45) is 11.8 Å². The topological polar surface area (TPSA) is 71.5 Å². The third-order valence-electron chi connectivity index (χ3n) is 6.85. The molecule has 32 heavy (non-hydrogen) atoms. The number of amides is 2. The smallest absolute Gasteiger partial charge is 0.225 e. The standard InChI is InChI=1S/C26H33N3O3/c1-32-22-12-10-19(11-13-22)24(23-9-5-6-16-27-23)28-25(30)20-14-17-29(18-15-20)26(31)21-7-3-2-4-8-21/h5-6,9-13,16,20-21,24H,2-4,7-8,14-15,17-18H2,1H3,(H,28,30). The summed E-state index contributed by atoms with van der Waals surface area (Å²) < 4.78 is 5.27. The molecule has 1 saturated heterocycles. The molecule has 2 aromatic rings. The lowest BCUT2D eigenvalue weighted by molar-refractivity contribution is -0.140. The van der Waals surface area contributed by atoms with E-state index in [0.717, 1.165) is 42.7 Å². The molecule has 1 atom stereocenters. The number of hydrogen-bond acceptors (Lipinski definition) is 4. The second kappa shape index (κ2) is 10.6. The molecule has 2 fully saturated rings. The van der Waals surface area contributed by atoms with E-state index < -0.39 is 0 Å². The maximum atomic E-state index is 13.2. The van der Waals surface area contributed by atoms with E-state index in [0.29, 0.717) is 31.8 Å². The Balaban J connectivity index is 1.39. The van der Waals surface area contributed by atoms with Crippen LogP contribution in [0.2, 0.25) is 0 Å². The van der Waals surface area contributed by atoms with Crippen LogP contribution in [0.5, 0.6) is 5.75 Å². The first-order valence-corrected chi connectivity index (χ1v) is 11.8. The molecule has 2 amide bonds. The van der Waals surface area contributed by atoms with E-state index in [1.54, 1.807) is 13.3 Å². The third kappa shape index (κ3) is 5.29. The molecule has 0 bridgehead atoms. The molecule has 6 heteroatoms. The molecular weight excluding hydrogens is 402 g/mol. The van der Waals surface area contributed by atoms with E-state index in [2.05, 4.69) is 10.3 Å². The second-order valence-corrected chi connectivity index (χ2v) is 8.90. The van der Waals surface area contributed by atoms with Gasteiger partial charge in [0, 0.05) is 31.1 Å². The fraction of sp³-hybridized carbons (Fsp3) is 0.500. The molecule has 4 rings (SSSR count). The van der Waals surface area contributed by atoms with Gasteiger partial charge in [-0.25, -0.2) is 0 Å². The van der Waals surface area contributed by atoms with Crippen molar-refractivity contribution in [1.82, 2.24) is 15.2 Å². The quantitative estimate of drug-likeness (QED) is 0.741. The minimum absolute atomic E-state index is 0.0289. The number of carbonyl (C=O) groups is 2. The van der Waals surface area contributed by atoms with E-state index in [9.17, 15) is 9.59 Å². The Bertz CT molecular complexity index is 886. The molecule has 1 unspecified atom stereocenters. The molecular formula is C26H33N3O3. The van der Waals surface area contributed by atoms with Crippen LogP contribution in [0.4, 0.5) is 0 Å². The van der Waals surface area contributed by atoms with Crippen molar-refractivity contribution in [3.63, 3.8) is 0 Å². The molecule has 0 spiro atoms. The lowest BCUT2D eigenvalue weighted by atomic mass is 9.87. The zero-order valence-corrected chi connectivity index (χ0v) is 18.8. The molecule has 2 aliphatic rings. The lowest BCUT2D eigenvalue weighted by Gasteiger charge is -2.35. The third-order valence-corrected chi connectivity index (χ3v) is 6.85. The summed E-state index contributed by atoms with van der Waals surface area (Å²) in [4.78, 5) is 32.5. The number of nitrogens with one attached hydrogen (secondary N) is 1. The van der Waals surface area contributed by atoms with Crippen molar-refractivity contribution in [1.29, 1.82) is 0 Å². The number of aromatic nitrogens is 1. The van der Waals surface area contributed by atoms with Crippen LogP contribution >= 0.6 is 0 Å². The molecule has 2 heterocycles. The molecule has 1 aromatic heterocycles. The second-order valence-electron chi connectivity index (χ2n) is 8.90. The monoisotopic (exact) mass is 435 g/mol. The summed E-state index contributed by atoms with van der Waals surface area (Å²) in [5, 5.41) is 3.22. The largest absolute Gasteiger partial charge is 0.497 e. The molecule has 1 aromatic carbocycles. The summed E-state index contributed by atoms with van der Waals surface area (Å²) in [5.41, 5.74) is 1.76. The maximum Gasteiger partial charge on any atom is 0.225 e. The van der Waals surface area contributed by atoms with Gasteiger partial charge in [0.25, 0.3) is 0 Å².